The fraction of sp³-hybridized carbons (Fsp3) is 0.455. The van der Waals surface area contributed by atoms with E-state index in [2.05, 4.69) is 0 Å². The van der Waals surface area contributed by atoms with Gasteiger partial charge in [0.15, 0.2) is 5.75 Å². The largest absolute Gasteiger partial charge is 0.502 e. The summed E-state index contributed by atoms with van der Waals surface area (Å²) < 4.78 is 4.98. The Morgan fingerprint density at radius 3 is 2.65 bits per heavy atom. The molecule has 0 bridgehead atoms. The molecule has 2 N–H and O–H groups in total. The molecule has 5 nitrogen and oxygen atoms in total. The van der Waals surface area contributed by atoms with Crippen LogP contribution in [0.25, 0.3) is 0 Å². The summed E-state index contributed by atoms with van der Waals surface area (Å²) in [5.74, 6) is -0.709. The summed E-state index contributed by atoms with van der Waals surface area (Å²) in [6.07, 6.45) is 0.962. The molecule has 0 spiro atoms. The normalized spacial score (nSPS) is 12.6. The highest BCUT2D eigenvalue weighted by atomic mass is 32.2. The molecule has 0 aliphatic heterocycles. The van der Waals surface area contributed by atoms with Gasteiger partial charge >= 0.3 is 5.97 Å². The van der Waals surface area contributed by atoms with Crippen LogP contribution in [0.1, 0.15) is 19.6 Å². The van der Waals surface area contributed by atoms with E-state index in [1.54, 1.807) is 0 Å². The maximum atomic E-state index is 11.1. The van der Waals surface area contributed by atoms with E-state index in [0.717, 1.165) is 6.26 Å². The summed E-state index contributed by atoms with van der Waals surface area (Å²) in [7, 11) is 0. The summed E-state index contributed by atoms with van der Waals surface area (Å²) in [6.45, 7) is 3.64. The third-order valence-electron chi connectivity index (χ3n) is 2.12. The fourth-order valence-electron chi connectivity index (χ4n) is 1.24. The van der Waals surface area contributed by atoms with Crippen LogP contribution < -0.4 is 5.43 Å². The van der Waals surface area contributed by atoms with Gasteiger partial charge in [0.25, 0.3) is 0 Å². The van der Waals surface area contributed by atoms with Crippen molar-refractivity contribution in [2.75, 3.05) is 0 Å². The smallest absolute Gasteiger partial charge is 0.316 e. The number of hydrogen-bond donors (Lipinski definition) is 2. The number of carbonyl (C=O) groups is 1. The van der Waals surface area contributed by atoms with Crippen LogP contribution in [-0.2, 0) is 10.5 Å². The van der Waals surface area contributed by atoms with Crippen molar-refractivity contribution in [2.45, 2.75) is 24.9 Å². The minimum absolute atomic E-state index is 0.0127. The van der Waals surface area contributed by atoms with Gasteiger partial charge in [-0.1, -0.05) is 13.8 Å². The number of hydrogen-bond acceptors (Lipinski definition) is 5. The van der Waals surface area contributed by atoms with Crippen LogP contribution >= 0.6 is 11.8 Å². The van der Waals surface area contributed by atoms with Crippen molar-refractivity contribution < 1.29 is 19.4 Å². The number of aliphatic carboxylic acids is 1. The lowest BCUT2D eigenvalue weighted by Gasteiger charge is -2.14. The molecule has 0 amide bonds. The second kappa shape index (κ2) is 5.77. The Bertz CT molecular complexity index is 451. The molecule has 17 heavy (non-hydrogen) atoms. The number of aromatic hydroxyl groups is 1. The average molecular weight is 258 g/mol. The van der Waals surface area contributed by atoms with Crippen molar-refractivity contribution in [2.24, 2.45) is 5.92 Å². The maximum absolute atomic E-state index is 11.1. The van der Waals surface area contributed by atoms with E-state index < -0.39 is 22.4 Å². The van der Waals surface area contributed by atoms with E-state index in [9.17, 15) is 9.59 Å². The van der Waals surface area contributed by atoms with Crippen LogP contribution in [0, 0.1) is 5.92 Å². The average Bonchev–Trinajstić information content (AvgIpc) is 2.22. The van der Waals surface area contributed by atoms with Crippen LogP contribution in [0.4, 0.5) is 0 Å². The molecule has 0 aliphatic rings. The first-order chi connectivity index (χ1) is 7.91. The second-order valence-electron chi connectivity index (χ2n) is 3.91. The van der Waals surface area contributed by atoms with E-state index >= 15 is 0 Å². The van der Waals surface area contributed by atoms with Gasteiger partial charge in [0.05, 0.1) is 5.75 Å². The van der Waals surface area contributed by atoms with E-state index in [1.807, 2.05) is 13.8 Å². The number of rotatable bonds is 5. The third-order valence-corrected chi connectivity index (χ3v) is 3.68. The molecule has 1 aromatic rings. The molecule has 1 atom stereocenters. The van der Waals surface area contributed by atoms with E-state index in [1.165, 1.54) is 17.8 Å². The zero-order chi connectivity index (χ0) is 13.0. The lowest BCUT2D eigenvalue weighted by molar-refractivity contribution is -0.137. The predicted molar refractivity (Wildman–Crippen MR) is 64.2 cm³/mol. The quantitative estimate of drug-likeness (QED) is 0.835. The second-order valence-corrected chi connectivity index (χ2v) is 5.04. The number of carboxylic acids is 1. The molecule has 1 unspecified atom stereocenters. The highest BCUT2D eigenvalue weighted by Crippen LogP contribution is 2.23. The SMILES string of the molecule is CC(C)C(SCc1cc(=O)c(O)co1)C(=O)O. The van der Waals surface area contributed by atoms with Gasteiger partial charge in [0, 0.05) is 6.07 Å². The molecule has 0 aliphatic carbocycles. The van der Waals surface area contributed by atoms with Gasteiger partial charge in [-0.05, 0) is 5.92 Å². The summed E-state index contributed by atoms with van der Waals surface area (Å²) in [6, 6.07) is 1.17. The molecule has 0 saturated heterocycles. The van der Waals surface area contributed by atoms with Gasteiger partial charge in [0.2, 0.25) is 5.43 Å². The number of carboxylic acid groups (broad SMARTS) is 1. The van der Waals surface area contributed by atoms with Gasteiger partial charge in [-0.3, -0.25) is 9.59 Å². The van der Waals surface area contributed by atoms with Crippen LogP contribution in [0.15, 0.2) is 21.5 Å². The van der Waals surface area contributed by atoms with E-state index in [4.69, 9.17) is 14.6 Å². The minimum atomic E-state index is -0.883. The van der Waals surface area contributed by atoms with Crippen LogP contribution in [0.2, 0.25) is 0 Å². The fourth-order valence-corrected chi connectivity index (χ4v) is 2.26. The zero-order valence-corrected chi connectivity index (χ0v) is 10.4. The molecule has 0 radical (unpaired) electrons. The molecular formula is C11H14O5S. The van der Waals surface area contributed by atoms with Crippen molar-refractivity contribution in [1.29, 1.82) is 0 Å². The minimum Gasteiger partial charge on any atom is -0.502 e. The Morgan fingerprint density at radius 2 is 2.18 bits per heavy atom. The van der Waals surface area contributed by atoms with Crippen molar-refractivity contribution >= 4 is 17.7 Å². The summed E-state index contributed by atoms with van der Waals surface area (Å²) in [5, 5.41) is 17.4. The Morgan fingerprint density at radius 1 is 1.53 bits per heavy atom. The predicted octanol–water partition coefficient (Wildman–Crippen LogP) is 1.69. The van der Waals surface area contributed by atoms with Crippen LogP contribution in [0.5, 0.6) is 5.75 Å². The molecule has 94 valence electrons. The molecule has 0 aromatic carbocycles. The molecule has 1 aromatic heterocycles. The van der Waals surface area contributed by atoms with E-state index in [0.29, 0.717) is 5.76 Å². The molecule has 0 fully saturated rings. The molecule has 1 rings (SSSR count). The van der Waals surface area contributed by atoms with Gasteiger partial charge < -0.3 is 14.6 Å². The van der Waals surface area contributed by atoms with Gasteiger partial charge in [-0.25, -0.2) is 0 Å². The Balaban J connectivity index is 2.69. The first-order valence-electron chi connectivity index (χ1n) is 5.07. The summed E-state index contributed by atoms with van der Waals surface area (Å²) in [4.78, 5) is 22.0. The molecular weight excluding hydrogens is 244 g/mol. The third kappa shape index (κ3) is 3.81. The van der Waals surface area contributed by atoms with E-state index in [-0.39, 0.29) is 11.7 Å². The van der Waals surface area contributed by atoms with Gasteiger partial charge in [0.1, 0.15) is 17.3 Å². The molecule has 6 heteroatoms. The van der Waals surface area contributed by atoms with Gasteiger partial charge in [-0.2, -0.15) is 0 Å². The summed E-state index contributed by atoms with van der Waals surface area (Å²) in [5.41, 5.74) is -0.525. The Kier molecular flexibility index (Phi) is 4.62. The van der Waals surface area contributed by atoms with Gasteiger partial charge in [-0.15, -0.1) is 11.8 Å². The van der Waals surface area contributed by atoms with Crippen molar-refractivity contribution in [3.63, 3.8) is 0 Å². The molecule has 0 saturated carbocycles. The van der Waals surface area contributed by atoms with Crippen molar-refractivity contribution in [3.8, 4) is 5.75 Å². The maximum Gasteiger partial charge on any atom is 0.316 e. The molecule has 1 heterocycles. The zero-order valence-electron chi connectivity index (χ0n) is 9.54. The topological polar surface area (TPSA) is 87.7 Å². The summed E-state index contributed by atoms with van der Waals surface area (Å²) >= 11 is 1.19. The highest BCUT2D eigenvalue weighted by molar-refractivity contribution is 7.99. The lowest BCUT2D eigenvalue weighted by Crippen LogP contribution is -2.22. The Hall–Kier alpha value is -1.43. The first-order valence-corrected chi connectivity index (χ1v) is 6.11. The standard InChI is InChI=1S/C11H14O5S/c1-6(2)10(11(14)15)17-5-7-3-8(12)9(13)4-16-7/h3-4,6,10,13H,5H2,1-2H3,(H,14,15). The monoisotopic (exact) mass is 258 g/mol. The first kappa shape index (κ1) is 13.6. The van der Waals surface area contributed by atoms with Crippen molar-refractivity contribution in [1.82, 2.24) is 0 Å². The number of thioether (sulfide) groups is 1. The van der Waals surface area contributed by atoms with Crippen molar-refractivity contribution in [3.05, 3.63) is 28.3 Å². The van der Waals surface area contributed by atoms with Crippen LogP contribution in [-0.4, -0.2) is 21.4 Å². The highest BCUT2D eigenvalue weighted by Gasteiger charge is 2.22. The van der Waals surface area contributed by atoms with Crippen LogP contribution in [0.3, 0.4) is 0 Å². The lowest BCUT2D eigenvalue weighted by atomic mass is 10.1. The Labute approximate surface area is 102 Å².